The molecule has 0 radical (unpaired) electrons. The number of hydrogen-bond donors (Lipinski definition) is 1. The third kappa shape index (κ3) is 4.54. The van der Waals surface area contributed by atoms with Gasteiger partial charge >= 0.3 is 5.97 Å². The predicted molar refractivity (Wildman–Crippen MR) is 50.3 cm³/mol. The Morgan fingerprint density at radius 2 is 2.00 bits per heavy atom. The van der Waals surface area contributed by atoms with Crippen molar-refractivity contribution in [1.82, 2.24) is 4.90 Å². The Balaban J connectivity index is 2.12. The molecule has 0 saturated carbocycles. The molecule has 1 heterocycles. The molecule has 1 rings (SSSR count). The number of likely N-dealkylation sites (tertiary alicyclic amines) is 1. The van der Waals surface area contributed by atoms with Gasteiger partial charge in [-0.05, 0) is 25.9 Å². The van der Waals surface area contributed by atoms with E-state index in [9.17, 15) is 4.79 Å². The van der Waals surface area contributed by atoms with E-state index in [1.807, 2.05) is 0 Å². The van der Waals surface area contributed by atoms with Crippen LogP contribution in [0.25, 0.3) is 0 Å². The normalized spacial score (nSPS) is 17.5. The molecular weight excluding hydrogens is 166 g/mol. The van der Waals surface area contributed by atoms with E-state index < -0.39 is 5.97 Å². The molecule has 0 aromatic rings. The summed E-state index contributed by atoms with van der Waals surface area (Å²) in [6, 6.07) is 0. The number of nitrogens with zero attached hydrogens (tertiary/aromatic N) is 1. The van der Waals surface area contributed by atoms with Crippen LogP contribution in [0.4, 0.5) is 0 Å². The van der Waals surface area contributed by atoms with E-state index in [0.717, 1.165) is 19.6 Å². The Kier molecular flexibility index (Phi) is 4.34. The quantitative estimate of drug-likeness (QED) is 0.645. The van der Waals surface area contributed by atoms with Crippen LogP contribution in [0.2, 0.25) is 0 Å². The average Bonchev–Trinajstić information content (AvgIpc) is 2.14. The minimum Gasteiger partial charge on any atom is -0.472 e. The molecule has 0 spiro atoms. The van der Waals surface area contributed by atoms with Gasteiger partial charge in [0.15, 0.2) is 0 Å². The largest absolute Gasteiger partial charge is 0.472 e. The summed E-state index contributed by atoms with van der Waals surface area (Å²) in [5.41, 5.74) is 0. The predicted octanol–water partition coefficient (Wildman–Crippen LogP) is 0.950. The zero-order valence-electron chi connectivity index (χ0n) is 7.75. The van der Waals surface area contributed by atoms with Crippen LogP contribution < -0.4 is 0 Å². The smallest absolute Gasteiger partial charge is 0.381 e. The molecule has 13 heavy (non-hydrogen) atoms. The van der Waals surface area contributed by atoms with Crippen molar-refractivity contribution in [2.75, 3.05) is 19.6 Å². The van der Waals surface area contributed by atoms with Gasteiger partial charge in [0.05, 0.1) is 0 Å². The third-order valence-electron chi connectivity index (χ3n) is 2.20. The molecule has 1 N–H and O–H groups in total. The number of carboxylic acid groups (broad SMARTS) is 1. The molecule has 3 heteroatoms. The van der Waals surface area contributed by atoms with E-state index in [4.69, 9.17) is 5.11 Å². The monoisotopic (exact) mass is 181 g/mol. The summed E-state index contributed by atoms with van der Waals surface area (Å²) >= 11 is 0. The summed E-state index contributed by atoms with van der Waals surface area (Å²) in [6.45, 7) is 3.21. The first-order chi connectivity index (χ1) is 6.29. The van der Waals surface area contributed by atoms with Gasteiger partial charge in [0, 0.05) is 18.9 Å². The first kappa shape index (κ1) is 10.1. The molecule has 0 unspecified atom stereocenters. The fourth-order valence-electron chi connectivity index (χ4n) is 1.54. The lowest BCUT2D eigenvalue weighted by Crippen LogP contribution is -2.30. The van der Waals surface area contributed by atoms with Crippen molar-refractivity contribution >= 4 is 5.97 Å². The summed E-state index contributed by atoms with van der Waals surface area (Å²) in [5.74, 6) is 3.74. The van der Waals surface area contributed by atoms with Gasteiger partial charge in [0.2, 0.25) is 0 Å². The Morgan fingerprint density at radius 3 is 2.62 bits per heavy atom. The standard InChI is InChI=1S/C10H15NO2/c12-10(13)6-2-5-9-11-7-3-1-4-8-11/h1,3-5,7-9H2,(H,12,13). The lowest BCUT2D eigenvalue weighted by molar-refractivity contribution is -0.130. The maximum atomic E-state index is 10.1. The van der Waals surface area contributed by atoms with Gasteiger partial charge in [-0.1, -0.05) is 12.3 Å². The Morgan fingerprint density at radius 1 is 1.31 bits per heavy atom. The third-order valence-corrected chi connectivity index (χ3v) is 2.20. The molecule has 72 valence electrons. The van der Waals surface area contributed by atoms with E-state index in [-0.39, 0.29) is 0 Å². The molecule has 0 amide bonds. The van der Waals surface area contributed by atoms with Crippen molar-refractivity contribution in [3.8, 4) is 11.8 Å². The molecule has 0 aromatic heterocycles. The first-order valence-electron chi connectivity index (χ1n) is 4.73. The van der Waals surface area contributed by atoms with Crippen molar-refractivity contribution in [3.05, 3.63) is 0 Å². The van der Waals surface area contributed by atoms with Crippen LogP contribution in [0.5, 0.6) is 0 Å². The second-order valence-electron chi connectivity index (χ2n) is 3.26. The van der Waals surface area contributed by atoms with E-state index in [0.29, 0.717) is 6.42 Å². The summed E-state index contributed by atoms with van der Waals surface area (Å²) < 4.78 is 0. The van der Waals surface area contributed by atoms with Gasteiger partial charge in [0.25, 0.3) is 0 Å². The summed E-state index contributed by atoms with van der Waals surface area (Å²) in [4.78, 5) is 12.4. The molecule has 0 aromatic carbocycles. The molecular formula is C10H15NO2. The number of carbonyl (C=O) groups is 1. The van der Waals surface area contributed by atoms with Crippen LogP contribution in [-0.2, 0) is 4.79 Å². The van der Waals surface area contributed by atoms with Crippen LogP contribution in [0.1, 0.15) is 25.7 Å². The molecule has 0 bridgehead atoms. The fourth-order valence-corrected chi connectivity index (χ4v) is 1.54. The number of carboxylic acids is 1. The molecule has 1 aliphatic rings. The van der Waals surface area contributed by atoms with Crippen molar-refractivity contribution in [2.45, 2.75) is 25.7 Å². The molecule has 1 aliphatic heterocycles. The van der Waals surface area contributed by atoms with Crippen LogP contribution >= 0.6 is 0 Å². The Hall–Kier alpha value is -1.01. The van der Waals surface area contributed by atoms with E-state index in [2.05, 4.69) is 16.7 Å². The highest BCUT2D eigenvalue weighted by molar-refractivity contribution is 5.86. The van der Waals surface area contributed by atoms with Gasteiger partial charge < -0.3 is 10.0 Å². The Bertz CT molecular complexity index is 221. The van der Waals surface area contributed by atoms with Crippen molar-refractivity contribution in [1.29, 1.82) is 0 Å². The van der Waals surface area contributed by atoms with Crippen LogP contribution in [-0.4, -0.2) is 35.6 Å². The number of piperidine rings is 1. The maximum Gasteiger partial charge on any atom is 0.381 e. The van der Waals surface area contributed by atoms with Crippen LogP contribution in [0.3, 0.4) is 0 Å². The summed E-state index contributed by atoms with van der Waals surface area (Å²) in [7, 11) is 0. The number of rotatable bonds is 2. The van der Waals surface area contributed by atoms with Gasteiger partial charge in [-0.2, -0.15) is 0 Å². The average molecular weight is 181 g/mol. The molecule has 1 saturated heterocycles. The minimum atomic E-state index is -1.03. The van der Waals surface area contributed by atoms with Gasteiger partial charge in [0.1, 0.15) is 0 Å². The first-order valence-corrected chi connectivity index (χ1v) is 4.73. The van der Waals surface area contributed by atoms with E-state index in [1.54, 1.807) is 0 Å². The second kappa shape index (κ2) is 5.60. The van der Waals surface area contributed by atoms with Crippen LogP contribution in [0.15, 0.2) is 0 Å². The molecule has 0 aliphatic carbocycles. The van der Waals surface area contributed by atoms with Crippen molar-refractivity contribution in [3.63, 3.8) is 0 Å². The lowest BCUT2D eigenvalue weighted by Gasteiger charge is -2.25. The molecule has 0 atom stereocenters. The highest BCUT2D eigenvalue weighted by atomic mass is 16.4. The SMILES string of the molecule is O=C(O)C#CCCN1CCCCC1. The maximum absolute atomic E-state index is 10.1. The lowest BCUT2D eigenvalue weighted by atomic mass is 10.1. The zero-order valence-corrected chi connectivity index (χ0v) is 7.75. The van der Waals surface area contributed by atoms with Crippen LogP contribution in [0, 0.1) is 11.8 Å². The molecule has 1 fully saturated rings. The van der Waals surface area contributed by atoms with Gasteiger partial charge in [-0.3, -0.25) is 0 Å². The van der Waals surface area contributed by atoms with E-state index in [1.165, 1.54) is 19.3 Å². The summed E-state index contributed by atoms with van der Waals surface area (Å²) in [5, 5.41) is 8.26. The highest BCUT2D eigenvalue weighted by Gasteiger charge is 2.07. The number of hydrogen-bond acceptors (Lipinski definition) is 2. The fraction of sp³-hybridized carbons (Fsp3) is 0.700. The van der Waals surface area contributed by atoms with Crippen molar-refractivity contribution < 1.29 is 9.90 Å². The second-order valence-corrected chi connectivity index (χ2v) is 3.26. The zero-order chi connectivity index (χ0) is 9.52. The topological polar surface area (TPSA) is 40.5 Å². The van der Waals surface area contributed by atoms with Gasteiger partial charge in [-0.25, -0.2) is 4.79 Å². The Labute approximate surface area is 78.7 Å². The highest BCUT2D eigenvalue weighted by Crippen LogP contribution is 2.08. The minimum absolute atomic E-state index is 0.673. The summed E-state index contributed by atoms with van der Waals surface area (Å²) in [6.07, 6.45) is 4.54. The molecule has 3 nitrogen and oxygen atoms in total. The van der Waals surface area contributed by atoms with Gasteiger partial charge in [-0.15, -0.1) is 0 Å². The van der Waals surface area contributed by atoms with Crippen molar-refractivity contribution in [2.24, 2.45) is 0 Å². The number of aliphatic carboxylic acids is 1. The van der Waals surface area contributed by atoms with E-state index >= 15 is 0 Å².